The molecule has 0 spiro atoms. The smallest absolute Gasteiger partial charge is 0.335 e. The summed E-state index contributed by atoms with van der Waals surface area (Å²) in [5.41, 5.74) is 0.762. The van der Waals surface area contributed by atoms with Crippen molar-refractivity contribution in [2.75, 3.05) is 19.0 Å². The first-order valence-electron chi connectivity index (χ1n) is 5.81. The van der Waals surface area contributed by atoms with E-state index in [1.54, 1.807) is 24.4 Å². The molecule has 0 radical (unpaired) electrons. The summed E-state index contributed by atoms with van der Waals surface area (Å²) in [7, 11) is 3.75. The normalized spacial score (nSPS) is 10.9. The molecule has 0 aliphatic carbocycles. The molecular formula is C14H13BrN2O3. The van der Waals surface area contributed by atoms with E-state index in [4.69, 9.17) is 9.52 Å². The maximum absolute atomic E-state index is 10.9. The van der Waals surface area contributed by atoms with Crippen LogP contribution in [0.3, 0.4) is 0 Å². The van der Waals surface area contributed by atoms with E-state index < -0.39 is 5.97 Å². The van der Waals surface area contributed by atoms with Gasteiger partial charge in [0.25, 0.3) is 0 Å². The fourth-order valence-corrected chi connectivity index (χ4v) is 2.26. The molecule has 2 rings (SSSR count). The standard InChI is InChI=1S/C14H13BrN2O3/c1-17(2)13-12(15)7-11(20-13)8-16-10-5-3-4-9(6-10)14(18)19/h3-8H,1-2H3,(H,18,19). The van der Waals surface area contributed by atoms with Crippen molar-refractivity contribution in [3.63, 3.8) is 0 Å². The van der Waals surface area contributed by atoms with Crippen LogP contribution in [0.25, 0.3) is 0 Å². The van der Waals surface area contributed by atoms with Crippen LogP contribution >= 0.6 is 15.9 Å². The Labute approximate surface area is 124 Å². The molecule has 0 saturated heterocycles. The summed E-state index contributed by atoms with van der Waals surface area (Å²) in [5, 5.41) is 8.91. The zero-order valence-electron chi connectivity index (χ0n) is 11.0. The van der Waals surface area contributed by atoms with Crippen LogP contribution < -0.4 is 4.90 Å². The van der Waals surface area contributed by atoms with Crippen molar-refractivity contribution < 1.29 is 14.3 Å². The lowest BCUT2D eigenvalue weighted by molar-refractivity contribution is 0.0697. The Hall–Kier alpha value is -2.08. The number of rotatable bonds is 4. The Bertz CT molecular complexity index is 662. The molecule has 1 aromatic carbocycles. The van der Waals surface area contributed by atoms with Crippen LogP contribution in [0.2, 0.25) is 0 Å². The van der Waals surface area contributed by atoms with Gasteiger partial charge in [0.1, 0.15) is 5.76 Å². The predicted octanol–water partition coefficient (Wildman–Crippen LogP) is 3.56. The molecule has 0 aliphatic heterocycles. The monoisotopic (exact) mass is 336 g/mol. The van der Waals surface area contributed by atoms with E-state index >= 15 is 0 Å². The number of hydrogen-bond donors (Lipinski definition) is 1. The lowest BCUT2D eigenvalue weighted by Gasteiger charge is -2.07. The number of carboxylic acids is 1. The van der Waals surface area contributed by atoms with Crippen molar-refractivity contribution in [3.05, 3.63) is 46.1 Å². The maximum atomic E-state index is 10.9. The van der Waals surface area contributed by atoms with Gasteiger partial charge in [-0.15, -0.1) is 0 Å². The molecular weight excluding hydrogens is 324 g/mol. The van der Waals surface area contributed by atoms with Gasteiger partial charge >= 0.3 is 5.97 Å². The van der Waals surface area contributed by atoms with Gasteiger partial charge in [0.15, 0.2) is 0 Å². The number of furan rings is 1. The minimum Gasteiger partial charge on any atom is -0.478 e. The topological polar surface area (TPSA) is 66.0 Å². The van der Waals surface area contributed by atoms with Gasteiger partial charge in [-0.1, -0.05) is 6.07 Å². The second-order valence-corrected chi connectivity index (χ2v) is 5.16. The average molecular weight is 337 g/mol. The number of hydrogen-bond acceptors (Lipinski definition) is 4. The van der Waals surface area contributed by atoms with Crippen molar-refractivity contribution in [3.8, 4) is 0 Å². The highest BCUT2D eigenvalue weighted by atomic mass is 79.9. The van der Waals surface area contributed by atoms with Crippen LogP contribution in [0.1, 0.15) is 16.1 Å². The third-order valence-corrected chi connectivity index (χ3v) is 3.10. The molecule has 6 heteroatoms. The van der Waals surface area contributed by atoms with Crippen LogP contribution in [0.5, 0.6) is 0 Å². The van der Waals surface area contributed by atoms with Gasteiger partial charge in [0.2, 0.25) is 5.88 Å². The number of anilines is 1. The molecule has 0 unspecified atom stereocenters. The number of nitrogens with zero attached hydrogens (tertiary/aromatic N) is 2. The van der Waals surface area contributed by atoms with Gasteiger partial charge in [-0.3, -0.25) is 4.99 Å². The van der Waals surface area contributed by atoms with E-state index in [0.29, 0.717) is 17.3 Å². The van der Waals surface area contributed by atoms with Gasteiger partial charge in [-0.25, -0.2) is 4.79 Å². The Morgan fingerprint density at radius 2 is 2.15 bits per heavy atom. The Morgan fingerprint density at radius 1 is 1.40 bits per heavy atom. The molecule has 0 amide bonds. The lowest BCUT2D eigenvalue weighted by Crippen LogP contribution is -2.07. The van der Waals surface area contributed by atoms with Gasteiger partial charge in [0.05, 0.1) is 21.9 Å². The molecule has 0 saturated carbocycles. The summed E-state index contributed by atoms with van der Waals surface area (Å²) in [4.78, 5) is 16.9. The number of aromatic carboxylic acids is 1. The van der Waals surface area contributed by atoms with Crippen molar-refractivity contribution >= 4 is 39.7 Å². The van der Waals surface area contributed by atoms with Crippen LogP contribution in [0.4, 0.5) is 11.6 Å². The predicted molar refractivity (Wildman–Crippen MR) is 81.4 cm³/mol. The van der Waals surface area contributed by atoms with E-state index in [-0.39, 0.29) is 5.56 Å². The SMILES string of the molecule is CN(C)c1oc(C=Nc2cccc(C(=O)O)c2)cc1Br. The summed E-state index contributed by atoms with van der Waals surface area (Å²) in [6.07, 6.45) is 1.55. The van der Waals surface area contributed by atoms with Gasteiger partial charge in [0, 0.05) is 20.2 Å². The van der Waals surface area contributed by atoms with E-state index in [0.717, 1.165) is 4.47 Å². The van der Waals surface area contributed by atoms with Crippen molar-refractivity contribution in [1.29, 1.82) is 0 Å². The molecule has 20 heavy (non-hydrogen) atoms. The molecule has 2 aromatic rings. The first kappa shape index (κ1) is 14.3. The highest BCUT2D eigenvalue weighted by Gasteiger charge is 2.09. The van der Waals surface area contributed by atoms with Crippen LogP contribution in [0, 0.1) is 0 Å². The van der Waals surface area contributed by atoms with Crippen LogP contribution in [-0.2, 0) is 0 Å². The quantitative estimate of drug-likeness (QED) is 0.867. The largest absolute Gasteiger partial charge is 0.478 e. The number of aliphatic imine (C=N–C) groups is 1. The summed E-state index contributed by atoms with van der Waals surface area (Å²) < 4.78 is 6.43. The van der Waals surface area contributed by atoms with E-state index in [1.165, 1.54) is 12.1 Å². The fourth-order valence-electron chi connectivity index (χ4n) is 1.60. The Balaban J connectivity index is 2.23. The first-order chi connectivity index (χ1) is 9.47. The average Bonchev–Trinajstić information content (AvgIpc) is 2.78. The molecule has 1 heterocycles. The third-order valence-electron chi connectivity index (χ3n) is 2.53. The fraction of sp³-hybridized carbons (Fsp3) is 0.143. The van der Waals surface area contributed by atoms with Crippen LogP contribution in [0.15, 0.2) is 44.2 Å². The van der Waals surface area contributed by atoms with E-state index in [2.05, 4.69) is 20.9 Å². The summed E-state index contributed by atoms with van der Waals surface area (Å²) in [5.74, 6) is 0.310. The summed E-state index contributed by atoms with van der Waals surface area (Å²) in [6, 6.07) is 8.21. The molecule has 0 bridgehead atoms. The van der Waals surface area contributed by atoms with Gasteiger partial charge < -0.3 is 14.4 Å². The lowest BCUT2D eigenvalue weighted by atomic mass is 10.2. The number of halogens is 1. The van der Waals surface area contributed by atoms with E-state index in [9.17, 15) is 4.79 Å². The minimum absolute atomic E-state index is 0.203. The molecule has 1 aromatic heterocycles. The van der Waals surface area contributed by atoms with Crippen molar-refractivity contribution in [2.45, 2.75) is 0 Å². The van der Waals surface area contributed by atoms with E-state index in [1.807, 2.05) is 19.0 Å². The molecule has 1 N–H and O–H groups in total. The Kier molecular flexibility index (Phi) is 4.24. The minimum atomic E-state index is -0.974. The highest BCUT2D eigenvalue weighted by molar-refractivity contribution is 9.10. The number of benzene rings is 1. The molecule has 0 aliphatic rings. The second-order valence-electron chi connectivity index (χ2n) is 4.31. The maximum Gasteiger partial charge on any atom is 0.335 e. The second kappa shape index (κ2) is 5.92. The van der Waals surface area contributed by atoms with Crippen molar-refractivity contribution in [2.24, 2.45) is 4.99 Å². The molecule has 5 nitrogen and oxygen atoms in total. The zero-order chi connectivity index (χ0) is 14.7. The highest BCUT2D eigenvalue weighted by Crippen LogP contribution is 2.28. The summed E-state index contributed by atoms with van der Waals surface area (Å²) >= 11 is 3.40. The van der Waals surface area contributed by atoms with Gasteiger partial charge in [-0.05, 0) is 34.1 Å². The van der Waals surface area contributed by atoms with Gasteiger partial charge in [-0.2, -0.15) is 0 Å². The molecule has 0 atom stereocenters. The Morgan fingerprint density at radius 3 is 2.75 bits per heavy atom. The molecule has 0 fully saturated rings. The van der Waals surface area contributed by atoms with Crippen molar-refractivity contribution in [1.82, 2.24) is 0 Å². The number of carbonyl (C=O) groups is 1. The van der Waals surface area contributed by atoms with Crippen LogP contribution in [-0.4, -0.2) is 31.4 Å². The molecule has 104 valence electrons. The first-order valence-corrected chi connectivity index (χ1v) is 6.61. The zero-order valence-corrected chi connectivity index (χ0v) is 12.6. The summed E-state index contributed by atoms with van der Waals surface area (Å²) in [6.45, 7) is 0. The third kappa shape index (κ3) is 3.27. The number of carboxylic acid groups (broad SMARTS) is 1.